The number of ketones is 1. The van der Waals surface area contributed by atoms with Crippen molar-refractivity contribution in [2.75, 3.05) is 39.3 Å². The molecule has 0 bridgehead atoms. The van der Waals surface area contributed by atoms with E-state index in [1.807, 2.05) is 30.3 Å². The zero-order valence-electron chi connectivity index (χ0n) is 13.8. The Morgan fingerprint density at radius 3 is 2.05 bits per heavy atom. The van der Waals surface area contributed by atoms with Gasteiger partial charge in [0.2, 0.25) is 0 Å². The molecule has 0 aliphatic rings. The Balaban J connectivity index is 2.31. The molecule has 0 heterocycles. The van der Waals surface area contributed by atoms with Crippen LogP contribution in [-0.4, -0.2) is 54.9 Å². The van der Waals surface area contributed by atoms with Crippen molar-refractivity contribution in [3.63, 3.8) is 0 Å². The molecule has 1 aromatic rings. The second-order valence-electron chi connectivity index (χ2n) is 5.45. The lowest BCUT2D eigenvalue weighted by molar-refractivity contribution is -0.119. The van der Waals surface area contributed by atoms with Crippen molar-refractivity contribution in [2.24, 2.45) is 0 Å². The molecule has 0 saturated carbocycles. The molecule has 0 spiro atoms. The molecule has 0 aliphatic carbocycles. The lowest BCUT2D eigenvalue weighted by Crippen LogP contribution is -2.34. The average Bonchev–Trinajstić information content (AvgIpc) is 2.51. The van der Waals surface area contributed by atoms with Crippen LogP contribution in [-0.2, 0) is 11.2 Å². The molecule has 118 valence electrons. The van der Waals surface area contributed by atoms with Crippen molar-refractivity contribution in [3.8, 4) is 0 Å². The first-order chi connectivity index (χ1) is 10.2. The van der Waals surface area contributed by atoms with Gasteiger partial charge in [-0.25, -0.2) is 0 Å². The third-order valence-corrected chi connectivity index (χ3v) is 3.93. The van der Waals surface area contributed by atoms with Crippen LogP contribution in [0, 0.1) is 0 Å². The van der Waals surface area contributed by atoms with Gasteiger partial charge in [-0.15, -0.1) is 0 Å². The van der Waals surface area contributed by atoms with Gasteiger partial charge in [0.15, 0.2) is 5.78 Å². The molecule has 0 saturated heterocycles. The predicted octanol–water partition coefficient (Wildman–Crippen LogP) is 2.85. The van der Waals surface area contributed by atoms with Gasteiger partial charge in [0.05, 0.1) is 6.54 Å². The number of carbonyl (C=O) groups is 1. The average molecular weight is 290 g/mol. The number of rotatable bonds is 11. The maximum atomic E-state index is 12.1. The van der Waals surface area contributed by atoms with E-state index in [1.54, 1.807) is 0 Å². The summed E-state index contributed by atoms with van der Waals surface area (Å²) in [6, 6.07) is 10.0. The highest BCUT2D eigenvalue weighted by atomic mass is 16.1. The normalized spacial score (nSPS) is 11.3. The fourth-order valence-electron chi connectivity index (χ4n) is 2.54. The van der Waals surface area contributed by atoms with Gasteiger partial charge >= 0.3 is 0 Å². The van der Waals surface area contributed by atoms with E-state index in [2.05, 4.69) is 30.6 Å². The minimum atomic E-state index is 0.311. The van der Waals surface area contributed by atoms with E-state index in [9.17, 15) is 4.79 Å². The molecule has 21 heavy (non-hydrogen) atoms. The zero-order chi connectivity index (χ0) is 15.5. The summed E-state index contributed by atoms with van der Waals surface area (Å²) in [6.45, 7) is 12.4. The molecular weight excluding hydrogens is 260 g/mol. The Kier molecular flexibility index (Phi) is 8.95. The number of Topliss-reactive ketones (excluding diaryl/α,β-unsaturated/α-hetero) is 1. The Labute approximate surface area is 129 Å². The molecule has 0 fully saturated rings. The molecule has 0 aromatic heterocycles. The highest BCUT2D eigenvalue weighted by molar-refractivity contribution is 5.82. The Morgan fingerprint density at radius 1 is 0.905 bits per heavy atom. The Hall–Kier alpha value is -1.19. The zero-order valence-corrected chi connectivity index (χ0v) is 13.8. The summed E-state index contributed by atoms with van der Waals surface area (Å²) >= 11 is 0. The summed E-state index contributed by atoms with van der Waals surface area (Å²) in [5.41, 5.74) is 1.11. The van der Waals surface area contributed by atoms with E-state index in [-0.39, 0.29) is 0 Å². The van der Waals surface area contributed by atoms with Gasteiger partial charge in [0.1, 0.15) is 0 Å². The van der Waals surface area contributed by atoms with Gasteiger partial charge in [-0.1, -0.05) is 51.1 Å². The van der Waals surface area contributed by atoms with Gasteiger partial charge in [-0.2, -0.15) is 0 Å². The van der Waals surface area contributed by atoms with Crippen LogP contribution in [0.1, 0.15) is 32.8 Å². The molecule has 0 aliphatic heterocycles. The van der Waals surface area contributed by atoms with Crippen molar-refractivity contribution in [3.05, 3.63) is 35.9 Å². The largest absolute Gasteiger partial charge is 0.304 e. The predicted molar refractivity (Wildman–Crippen MR) is 89.7 cm³/mol. The number of nitrogens with zero attached hydrogens (tertiary/aromatic N) is 2. The molecule has 3 heteroatoms. The molecule has 3 nitrogen and oxygen atoms in total. The lowest BCUT2D eigenvalue weighted by atomic mass is 10.1. The summed E-state index contributed by atoms with van der Waals surface area (Å²) in [7, 11) is 0. The Bertz CT molecular complexity index is 387. The molecule has 1 rings (SSSR count). The van der Waals surface area contributed by atoms with E-state index in [4.69, 9.17) is 0 Å². The van der Waals surface area contributed by atoms with E-state index >= 15 is 0 Å². The highest BCUT2D eigenvalue weighted by Crippen LogP contribution is 2.02. The van der Waals surface area contributed by atoms with E-state index < -0.39 is 0 Å². The first kappa shape index (κ1) is 17.9. The van der Waals surface area contributed by atoms with Crippen LogP contribution in [0.25, 0.3) is 0 Å². The SMILES string of the molecule is CCN(CC)CCCN(CC)CC(=O)Cc1ccccc1. The molecule has 0 radical (unpaired) electrons. The van der Waals surface area contributed by atoms with Crippen LogP contribution < -0.4 is 0 Å². The van der Waals surface area contributed by atoms with Crippen molar-refractivity contribution in [1.82, 2.24) is 9.80 Å². The highest BCUT2D eigenvalue weighted by Gasteiger charge is 2.10. The second-order valence-corrected chi connectivity index (χ2v) is 5.45. The molecule has 0 atom stereocenters. The lowest BCUT2D eigenvalue weighted by Gasteiger charge is -2.22. The number of likely N-dealkylation sites (N-methyl/N-ethyl adjacent to an activating group) is 1. The van der Waals surface area contributed by atoms with E-state index in [0.717, 1.165) is 44.7 Å². The minimum Gasteiger partial charge on any atom is -0.304 e. The molecule has 0 unspecified atom stereocenters. The first-order valence-corrected chi connectivity index (χ1v) is 8.19. The molecule has 0 N–H and O–H groups in total. The molecule has 1 aromatic carbocycles. The fraction of sp³-hybridized carbons (Fsp3) is 0.611. The van der Waals surface area contributed by atoms with Crippen molar-refractivity contribution < 1.29 is 4.79 Å². The first-order valence-electron chi connectivity index (χ1n) is 8.19. The van der Waals surface area contributed by atoms with Crippen LogP contribution in [0.2, 0.25) is 0 Å². The van der Waals surface area contributed by atoms with Gasteiger partial charge in [0.25, 0.3) is 0 Å². The third-order valence-electron chi connectivity index (χ3n) is 3.93. The monoisotopic (exact) mass is 290 g/mol. The maximum absolute atomic E-state index is 12.1. The van der Waals surface area contributed by atoms with Gasteiger partial charge in [0, 0.05) is 6.42 Å². The van der Waals surface area contributed by atoms with Crippen LogP contribution in [0.15, 0.2) is 30.3 Å². The third kappa shape index (κ3) is 7.39. The van der Waals surface area contributed by atoms with Crippen molar-refractivity contribution in [1.29, 1.82) is 0 Å². The van der Waals surface area contributed by atoms with Gasteiger partial charge < -0.3 is 4.90 Å². The van der Waals surface area contributed by atoms with Gasteiger partial charge in [-0.05, 0) is 44.7 Å². The number of hydrogen-bond donors (Lipinski definition) is 0. The smallest absolute Gasteiger partial charge is 0.151 e. The standard InChI is InChI=1S/C18H30N2O/c1-4-19(5-2)13-10-14-20(6-3)16-18(21)15-17-11-8-7-9-12-17/h7-9,11-12H,4-6,10,13-16H2,1-3H3. The summed E-state index contributed by atoms with van der Waals surface area (Å²) in [5.74, 6) is 0.311. The van der Waals surface area contributed by atoms with Crippen LogP contribution in [0.5, 0.6) is 0 Å². The van der Waals surface area contributed by atoms with Crippen LogP contribution in [0.4, 0.5) is 0 Å². The summed E-state index contributed by atoms with van der Waals surface area (Å²) in [4.78, 5) is 16.8. The van der Waals surface area contributed by atoms with E-state index in [1.165, 1.54) is 0 Å². The van der Waals surface area contributed by atoms with Crippen molar-refractivity contribution >= 4 is 5.78 Å². The molecule has 0 amide bonds. The van der Waals surface area contributed by atoms with E-state index in [0.29, 0.717) is 18.7 Å². The quantitative estimate of drug-likeness (QED) is 0.626. The van der Waals surface area contributed by atoms with Crippen LogP contribution >= 0.6 is 0 Å². The second kappa shape index (κ2) is 10.5. The van der Waals surface area contributed by atoms with Crippen LogP contribution in [0.3, 0.4) is 0 Å². The van der Waals surface area contributed by atoms with Crippen molar-refractivity contribution in [2.45, 2.75) is 33.6 Å². The topological polar surface area (TPSA) is 23.6 Å². The summed E-state index contributed by atoms with van der Waals surface area (Å²) in [6.07, 6.45) is 1.68. The molecular formula is C18H30N2O. The fourth-order valence-corrected chi connectivity index (χ4v) is 2.54. The van der Waals surface area contributed by atoms with Gasteiger partial charge in [-0.3, -0.25) is 9.69 Å². The Morgan fingerprint density at radius 2 is 1.48 bits per heavy atom. The summed E-state index contributed by atoms with van der Waals surface area (Å²) in [5, 5.41) is 0. The minimum absolute atomic E-state index is 0.311. The number of hydrogen-bond acceptors (Lipinski definition) is 3. The maximum Gasteiger partial charge on any atom is 0.151 e. The summed E-state index contributed by atoms with van der Waals surface area (Å²) < 4.78 is 0. The number of benzene rings is 1. The number of carbonyl (C=O) groups excluding carboxylic acids is 1.